The van der Waals surface area contributed by atoms with Gasteiger partial charge in [-0.1, -0.05) is 17.7 Å². The van der Waals surface area contributed by atoms with Gasteiger partial charge >= 0.3 is 0 Å². The zero-order chi connectivity index (χ0) is 10.1. The summed E-state index contributed by atoms with van der Waals surface area (Å²) < 4.78 is 25.7. The highest BCUT2D eigenvalue weighted by atomic mass is 35.5. The Morgan fingerprint density at radius 3 is 2.54 bits per heavy atom. The quantitative estimate of drug-likeness (QED) is 0.676. The molecule has 0 aliphatic carbocycles. The van der Waals surface area contributed by atoms with Gasteiger partial charge in [-0.15, -0.1) is 0 Å². The van der Waals surface area contributed by atoms with Crippen LogP contribution in [0.2, 0.25) is 5.02 Å². The summed E-state index contributed by atoms with van der Waals surface area (Å²) in [6.45, 7) is 0.739. The minimum Gasteiger partial charge on any atom is -0.298 e. The molecule has 1 nitrogen and oxygen atoms in total. The third-order valence-corrected chi connectivity index (χ3v) is 1.93. The van der Waals surface area contributed by atoms with Crippen LogP contribution < -0.4 is 0 Å². The molecule has 1 aromatic rings. The molecule has 0 unspecified atom stereocenters. The van der Waals surface area contributed by atoms with Crippen LogP contribution in [-0.2, 0) is 5.92 Å². The molecule has 13 heavy (non-hydrogen) atoms. The summed E-state index contributed by atoms with van der Waals surface area (Å²) in [7, 11) is 0. The SMILES string of the molecule is CC(F)(F)c1cc(C=O)ccc1Cl. The average Bonchev–Trinajstić information content (AvgIpc) is 2.03. The molecule has 0 saturated heterocycles. The summed E-state index contributed by atoms with van der Waals surface area (Å²) in [4.78, 5) is 10.3. The van der Waals surface area contributed by atoms with E-state index < -0.39 is 5.92 Å². The Morgan fingerprint density at radius 2 is 2.08 bits per heavy atom. The molecule has 4 heteroatoms. The van der Waals surface area contributed by atoms with Crippen LogP contribution in [0, 0.1) is 0 Å². The predicted molar refractivity (Wildman–Crippen MR) is 46.4 cm³/mol. The first-order valence-electron chi connectivity index (χ1n) is 3.58. The van der Waals surface area contributed by atoms with E-state index in [-0.39, 0.29) is 16.1 Å². The van der Waals surface area contributed by atoms with Crippen molar-refractivity contribution in [1.82, 2.24) is 0 Å². The lowest BCUT2D eigenvalue weighted by Gasteiger charge is -2.12. The molecule has 0 bridgehead atoms. The van der Waals surface area contributed by atoms with E-state index >= 15 is 0 Å². The van der Waals surface area contributed by atoms with Crippen LogP contribution in [0.1, 0.15) is 22.8 Å². The molecule has 0 aromatic heterocycles. The van der Waals surface area contributed by atoms with Gasteiger partial charge in [0.25, 0.3) is 5.92 Å². The van der Waals surface area contributed by atoms with Crippen molar-refractivity contribution in [2.75, 3.05) is 0 Å². The highest BCUT2D eigenvalue weighted by Gasteiger charge is 2.27. The molecule has 0 atom stereocenters. The number of hydrogen-bond donors (Lipinski definition) is 0. The number of aldehydes is 1. The maximum absolute atomic E-state index is 12.8. The van der Waals surface area contributed by atoms with E-state index in [0.717, 1.165) is 13.0 Å². The highest BCUT2D eigenvalue weighted by Crippen LogP contribution is 2.32. The van der Waals surface area contributed by atoms with Gasteiger partial charge in [0, 0.05) is 23.1 Å². The van der Waals surface area contributed by atoms with E-state index in [1.807, 2.05) is 0 Å². The van der Waals surface area contributed by atoms with Gasteiger partial charge in [0.1, 0.15) is 6.29 Å². The Kier molecular flexibility index (Phi) is 2.66. The second-order valence-electron chi connectivity index (χ2n) is 2.75. The second kappa shape index (κ2) is 3.42. The van der Waals surface area contributed by atoms with Crippen molar-refractivity contribution >= 4 is 17.9 Å². The van der Waals surface area contributed by atoms with Gasteiger partial charge in [0.15, 0.2) is 0 Å². The molecule has 0 fully saturated rings. The molecule has 1 aromatic carbocycles. The van der Waals surface area contributed by atoms with E-state index in [9.17, 15) is 13.6 Å². The standard InChI is InChI=1S/C9H7ClF2O/c1-9(11,12)7-4-6(5-13)2-3-8(7)10/h2-5H,1H3. The van der Waals surface area contributed by atoms with Crippen LogP contribution in [0.15, 0.2) is 18.2 Å². The monoisotopic (exact) mass is 204 g/mol. The molecule has 0 spiro atoms. The minimum absolute atomic E-state index is 0.0295. The third kappa shape index (κ3) is 2.25. The number of halogens is 3. The van der Waals surface area contributed by atoms with Crippen LogP contribution in [0.4, 0.5) is 8.78 Å². The van der Waals surface area contributed by atoms with Gasteiger partial charge in [-0.05, 0) is 12.1 Å². The smallest absolute Gasteiger partial charge is 0.271 e. The summed E-state index contributed by atoms with van der Waals surface area (Å²) in [5.41, 5.74) is -0.125. The van der Waals surface area contributed by atoms with E-state index in [1.54, 1.807) is 0 Å². The lowest BCUT2D eigenvalue weighted by atomic mass is 10.1. The van der Waals surface area contributed by atoms with Gasteiger partial charge in [0.05, 0.1) is 0 Å². The van der Waals surface area contributed by atoms with E-state index in [1.165, 1.54) is 12.1 Å². The first-order valence-corrected chi connectivity index (χ1v) is 3.96. The molecule has 1 rings (SSSR count). The van der Waals surface area contributed by atoms with Gasteiger partial charge in [0.2, 0.25) is 0 Å². The fraction of sp³-hybridized carbons (Fsp3) is 0.222. The van der Waals surface area contributed by atoms with Crippen molar-refractivity contribution in [3.05, 3.63) is 34.3 Å². The van der Waals surface area contributed by atoms with E-state index in [4.69, 9.17) is 11.6 Å². The van der Waals surface area contributed by atoms with Crippen LogP contribution >= 0.6 is 11.6 Å². The van der Waals surface area contributed by atoms with Crippen molar-refractivity contribution < 1.29 is 13.6 Å². The largest absolute Gasteiger partial charge is 0.298 e. The van der Waals surface area contributed by atoms with Crippen molar-refractivity contribution in [3.8, 4) is 0 Å². The Labute approximate surface area is 79.3 Å². The first kappa shape index (κ1) is 10.1. The van der Waals surface area contributed by atoms with Crippen LogP contribution in [0.5, 0.6) is 0 Å². The molecular weight excluding hydrogens is 198 g/mol. The Bertz CT molecular complexity index is 331. The van der Waals surface area contributed by atoms with Gasteiger partial charge in [-0.3, -0.25) is 4.79 Å². The topological polar surface area (TPSA) is 17.1 Å². The van der Waals surface area contributed by atoms with Crippen LogP contribution in [0.25, 0.3) is 0 Å². The fourth-order valence-electron chi connectivity index (χ4n) is 0.953. The Hall–Kier alpha value is -0.960. The summed E-state index contributed by atoms with van der Waals surface area (Å²) >= 11 is 5.54. The van der Waals surface area contributed by atoms with Gasteiger partial charge in [-0.2, -0.15) is 0 Å². The maximum atomic E-state index is 12.8. The number of benzene rings is 1. The Balaban J connectivity index is 3.27. The molecular formula is C9H7ClF2O. The van der Waals surface area contributed by atoms with Gasteiger partial charge in [-0.25, -0.2) is 8.78 Å². The van der Waals surface area contributed by atoms with Crippen molar-refractivity contribution in [2.45, 2.75) is 12.8 Å². The molecule has 0 amide bonds. The lowest BCUT2D eigenvalue weighted by Crippen LogP contribution is -2.08. The number of hydrogen-bond acceptors (Lipinski definition) is 1. The molecule has 0 radical (unpaired) electrons. The number of carbonyl (C=O) groups excluding carboxylic acids is 1. The number of carbonyl (C=O) groups is 1. The van der Waals surface area contributed by atoms with Crippen molar-refractivity contribution in [3.63, 3.8) is 0 Å². The van der Waals surface area contributed by atoms with Crippen LogP contribution in [-0.4, -0.2) is 6.29 Å². The second-order valence-corrected chi connectivity index (χ2v) is 3.15. The zero-order valence-electron chi connectivity index (χ0n) is 6.85. The number of rotatable bonds is 2. The zero-order valence-corrected chi connectivity index (χ0v) is 7.61. The Morgan fingerprint density at radius 1 is 1.46 bits per heavy atom. The van der Waals surface area contributed by atoms with Crippen LogP contribution in [0.3, 0.4) is 0 Å². The van der Waals surface area contributed by atoms with E-state index in [0.29, 0.717) is 6.29 Å². The molecule has 0 aliphatic rings. The average molecular weight is 205 g/mol. The third-order valence-electron chi connectivity index (χ3n) is 1.60. The highest BCUT2D eigenvalue weighted by molar-refractivity contribution is 6.31. The van der Waals surface area contributed by atoms with Crippen molar-refractivity contribution in [2.24, 2.45) is 0 Å². The van der Waals surface area contributed by atoms with Crippen molar-refractivity contribution in [1.29, 1.82) is 0 Å². The van der Waals surface area contributed by atoms with E-state index in [2.05, 4.69) is 0 Å². The summed E-state index contributed by atoms with van der Waals surface area (Å²) in [5.74, 6) is -3.02. The molecule has 0 N–H and O–H groups in total. The fourth-order valence-corrected chi connectivity index (χ4v) is 1.24. The first-order chi connectivity index (χ1) is 5.95. The molecule has 0 aliphatic heterocycles. The summed E-state index contributed by atoms with van der Waals surface area (Å²) in [5, 5.41) is -0.0295. The summed E-state index contributed by atoms with van der Waals surface area (Å²) in [6.07, 6.45) is 0.506. The lowest BCUT2D eigenvalue weighted by molar-refractivity contribution is 0.0176. The molecule has 0 heterocycles. The van der Waals surface area contributed by atoms with Gasteiger partial charge < -0.3 is 0 Å². The molecule has 0 saturated carbocycles. The maximum Gasteiger partial charge on any atom is 0.271 e. The normalized spacial score (nSPS) is 11.4. The minimum atomic E-state index is -3.02. The molecule has 70 valence electrons. The number of alkyl halides is 2. The predicted octanol–water partition coefficient (Wildman–Crippen LogP) is 3.26. The summed E-state index contributed by atoms with van der Waals surface area (Å²) in [6, 6.07) is 3.78.